The smallest absolute Gasteiger partial charge is 0.226 e. The third kappa shape index (κ3) is 6.51. The molecule has 0 aromatic carbocycles. The molecule has 0 spiro atoms. The first kappa shape index (κ1) is 16.2. The predicted octanol–water partition coefficient (Wildman–Crippen LogP) is 1.67. The minimum absolute atomic E-state index is 0.0386. The van der Waals surface area contributed by atoms with Crippen LogP contribution in [0.5, 0.6) is 0 Å². The number of carbonyl (C=O) groups is 2. The van der Waals surface area contributed by atoms with Crippen LogP contribution in [0.15, 0.2) is 0 Å². The van der Waals surface area contributed by atoms with Crippen molar-refractivity contribution in [2.24, 2.45) is 5.41 Å². The molecule has 0 fully saturated rings. The first-order chi connectivity index (χ1) is 7.83. The number of hydrogen-bond acceptors (Lipinski definition) is 2. The Bertz CT molecular complexity index is 267. The second-order valence-corrected chi connectivity index (χ2v) is 5.17. The summed E-state index contributed by atoms with van der Waals surface area (Å²) >= 11 is 5.68. The first-order valence-electron chi connectivity index (χ1n) is 5.97. The summed E-state index contributed by atoms with van der Waals surface area (Å²) in [6.07, 6.45) is 1.20. The van der Waals surface area contributed by atoms with Gasteiger partial charge in [0.1, 0.15) is 0 Å². The fourth-order valence-corrected chi connectivity index (χ4v) is 1.16. The zero-order valence-electron chi connectivity index (χ0n) is 11.1. The Labute approximate surface area is 108 Å². The first-order valence-corrected chi connectivity index (χ1v) is 6.50. The molecule has 100 valence electrons. The Morgan fingerprint density at radius 3 is 2.41 bits per heavy atom. The lowest BCUT2D eigenvalue weighted by molar-refractivity contribution is -0.128. The minimum atomic E-state index is -0.589. The van der Waals surface area contributed by atoms with Gasteiger partial charge in [-0.1, -0.05) is 6.92 Å². The summed E-state index contributed by atoms with van der Waals surface area (Å²) in [6.45, 7) is 7.85. The molecule has 0 radical (unpaired) electrons. The van der Waals surface area contributed by atoms with Crippen molar-refractivity contribution < 1.29 is 9.59 Å². The average molecular weight is 263 g/mol. The summed E-state index contributed by atoms with van der Waals surface area (Å²) in [5, 5.41) is 5.55. The van der Waals surface area contributed by atoms with Gasteiger partial charge in [-0.3, -0.25) is 9.59 Å². The molecular weight excluding hydrogens is 240 g/mol. The van der Waals surface area contributed by atoms with Crippen molar-refractivity contribution in [2.45, 2.75) is 46.6 Å². The van der Waals surface area contributed by atoms with Crippen LogP contribution in [0.4, 0.5) is 0 Å². The average Bonchev–Trinajstić information content (AvgIpc) is 2.28. The van der Waals surface area contributed by atoms with E-state index in [-0.39, 0.29) is 23.7 Å². The molecule has 0 heterocycles. The molecular formula is C12H23ClN2O2. The van der Waals surface area contributed by atoms with E-state index in [0.717, 1.165) is 6.42 Å². The summed E-state index contributed by atoms with van der Waals surface area (Å²) in [4.78, 5) is 23.1. The number of halogens is 1. The standard InChI is InChI=1S/C12H23ClN2O2/c1-5-9(2)15-10(16)6-7-14-11(17)12(3,4)8-13/h9H,5-8H2,1-4H3,(H,14,17)(H,15,16). The SMILES string of the molecule is CCC(C)NC(=O)CCNC(=O)C(C)(C)CCl. The number of amides is 2. The van der Waals surface area contributed by atoms with Crippen LogP contribution in [0, 0.1) is 5.41 Å². The zero-order chi connectivity index (χ0) is 13.5. The van der Waals surface area contributed by atoms with Crippen molar-refractivity contribution >= 4 is 23.4 Å². The molecule has 0 aromatic heterocycles. The summed E-state index contributed by atoms with van der Waals surface area (Å²) < 4.78 is 0. The Morgan fingerprint density at radius 2 is 1.94 bits per heavy atom. The maximum Gasteiger partial charge on any atom is 0.226 e. The molecule has 0 aliphatic heterocycles. The molecule has 2 amide bonds. The lowest BCUT2D eigenvalue weighted by Gasteiger charge is -2.20. The van der Waals surface area contributed by atoms with Gasteiger partial charge in [-0.15, -0.1) is 11.6 Å². The van der Waals surface area contributed by atoms with Gasteiger partial charge in [0.25, 0.3) is 0 Å². The highest BCUT2D eigenvalue weighted by Gasteiger charge is 2.25. The number of hydrogen-bond donors (Lipinski definition) is 2. The van der Waals surface area contributed by atoms with Gasteiger partial charge in [0, 0.05) is 24.9 Å². The van der Waals surface area contributed by atoms with Gasteiger partial charge < -0.3 is 10.6 Å². The highest BCUT2D eigenvalue weighted by atomic mass is 35.5. The molecule has 0 aliphatic carbocycles. The Balaban J connectivity index is 3.85. The highest BCUT2D eigenvalue weighted by Crippen LogP contribution is 2.16. The van der Waals surface area contributed by atoms with E-state index in [4.69, 9.17) is 11.6 Å². The van der Waals surface area contributed by atoms with Crippen molar-refractivity contribution in [2.75, 3.05) is 12.4 Å². The maximum atomic E-state index is 11.6. The second kappa shape index (κ2) is 7.54. The van der Waals surface area contributed by atoms with Gasteiger partial charge in [0.2, 0.25) is 11.8 Å². The van der Waals surface area contributed by atoms with E-state index in [1.165, 1.54) is 0 Å². The molecule has 1 atom stereocenters. The van der Waals surface area contributed by atoms with Gasteiger partial charge in [-0.05, 0) is 27.2 Å². The molecule has 5 heteroatoms. The Hall–Kier alpha value is -0.770. The van der Waals surface area contributed by atoms with Crippen molar-refractivity contribution in [3.05, 3.63) is 0 Å². The van der Waals surface area contributed by atoms with E-state index in [1.807, 2.05) is 13.8 Å². The second-order valence-electron chi connectivity index (χ2n) is 4.90. The molecule has 1 unspecified atom stereocenters. The summed E-state index contributed by atoms with van der Waals surface area (Å²) in [5.41, 5.74) is -0.589. The largest absolute Gasteiger partial charge is 0.355 e. The van der Waals surface area contributed by atoms with Crippen LogP contribution in [-0.2, 0) is 9.59 Å². The van der Waals surface area contributed by atoms with Crippen molar-refractivity contribution in [3.63, 3.8) is 0 Å². The minimum Gasteiger partial charge on any atom is -0.355 e. The van der Waals surface area contributed by atoms with E-state index >= 15 is 0 Å². The van der Waals surface area contributed by atoms with Gasteiger partial charge in [0.05, 0.1) is 5.41 Å². The summed E-state index contributed by atoms with van der Waals surface area (Å²) in [6, 6.07) is 0.178. The van der Waals surface area contributed by atoms with E-state index < -0.39 is 5.41 Å². The molecule has 17 heavy (non-hydrogen) atoms. The van der Waals surface area contributed by atoms with E-state index in [2.05, 4.69) is 10.6 Å². The molecule has 0 rings (SSSR count). The van der Waals surface area contributed by atoms with Gasteiger partial charge in [-0.25, -0.2) is 0 Å². The normalized spacial score (nSPS) is 13.0. The quantitative estimate of drug-likeness (QED) is 0.686. The van der Waals surface area contributed by atoms with Crippen LogP contribution in [0.1, 0.15) is 40.5 Å². The van der Waals surface area contributed by atoms with Crippen molar-refractivity contribution in [3.8, 4) is 0 Å². The third-order valence-corrected chi connectivity index (χ3v) is 3.27. The van der Waals surface area contributed by atoms with Crippen molar-refractivity contribution in [1.29, 1.82) is 0 Å². The van der Waals surface area contributed by atoms with Crippen LogP contribution in [-0.4, -0.2) is 30.3 Å². The maximum absolute atomic E-state index is 11.6. The van der Waals surface area contributed by atoms with E-state index in [0.29, 0.717) is 13.0 Å². The molecule has 0 bridgehead atoms. The van der Waals surface area contributed by atoms with Crippen LogP contribution in [0.2, 0.25) is 0 Å². The molecule has 0 aliphatic rings. The van der Waals surface area contributed by atoms with E-state index in [1.54, 1.807) is 13.8 Å². The van der Waals surface area contributed by atoms with Crippen LogP contribution >= 0.6 is 11.6 Å². The number of alkyl halides is 1. The summed E-state index contributed by atoms with van der Waals surface area (Å²) in [7, 11) is 0. The van der Waals surface area contributed by atoms with Gasteiger partial charge >= 0.3 is 0 Å². The van der Waals surface area contributed by atoms with Crippen molar-refractivity contribution in [1.82, 2.24) is 10.6 Å². The van der Waals surface area contributed by atoms with Crippen LogP contribution in [0.25, 0.3) is 0 Å². The Kier molecular flexibility index (Phi) is 7.19. The van der Waals surface area contributed by atoms with Crippen LogP contribution < -0.4 is 10.6 Å². The van der Waals surface area contributed by atoms with Crippen LogP contribution in [0.3, 0.4) is 0 Å². The molecule has 0 saturated heterocycles. The number of rotatable bonds is 7. The molecule has 2 N–H and O–H groups in total. The van der Waals surface area contributed by atoms with Gasteiger partial charge in [0.15, 0.2) is 0 Å². The molecule has 0 aromatic rings. The number of nitrogens with one attached hydrogen (secondary N) is 2. The lowest BCUT2D eigenvalue weighted by atomic mass is 9.95. The fourth-order valence-electron chi connectivity index (χ4n) is 1.04. The number of carbonyl (C=O) groups excluding carboxylic acids is 2. The monoisotopic (exact) mass is 262 g/mol. The summed E-state index contributed by atoms with van der Waals surface area (Å²) in [5.74, 6) is 0.102. The Morgan fingerprint density at radius 1 is 1.35 bits per heavy atom. The van der Waals surface area contributed by atoms with Gasteiger partial charge in [-0.2, -0.15) is 0 Å². The topological polar surface area (TPSA) is 58.2 Å². The molecule has 0 saturated carbocycles. The third-order valence-electron chi connectivity index (χ3n) is 2.61. The highest BCUT2D eigenvalue weighted by molar-refractivity contribution is 6.19. The zero-order valence-corrected chi connectivity index (χ0v) is 11.9. The predicted molar refractivity (Wildman–Crippen MR) is 70.0 cm³/mol. The van der Waals surface area contributed by atoms with E-state index in [9.17, 15) is 9.59 Å². The fraction of sp³-hybridized carbons (Fsp3) is 0.833. The lowest BCUT2D eigenvalue weighted by Crippen LogP contribution is -2.40. The molecule has 4 nitrogen and oxygen atoms in total.